The van der Waals surface area contributed by atoms with Crippen LogP contribution in [0.2, 0.25) is 0 Å². The second kappa shape index (κ2) is 3.42. The number of allylic oxidation sites excluding steroid dienone is 5. The molecule has 0 spiro atoms. The highest BCUT2D eigenvalue weighted by atomic mass is 79.9. The first kappa shape index (κ1) is 9.55. The number of hydrogen-bond donors (Lipinski definition) is 1. The molecule has 3 rings (SSSR count). The van der Waals surface area contributed by atoms with Gasteiger partial charge in [0, 0.05) is 10.4 Å². The summed E-state index contributed by atoms with van der Waals surface area (Å²) < 4.78 is 1.11. The summed E-state index contributed by atoms with van der Waals surface area (Å²) in [6, 6.07) is 0. The normalized spacial score (nSPS) is 33.5. The Morgan fingerprint density at radius 1 is 1.40 bits per heavy atom. The Morgan fingerprint density at radius 2 is 2.27 bits per heavy atom. The van der Waals surface area contributed by atoms with E-state index in [4.69, 9.17) is 0 Å². The largest absolute Gasteiger partial charge is 0.387 e. The van der Waals surface area contributed by atoms with Gasteiger partial charge in [0.15, 0.2) is 0 Å². The van der Waals surface area contributed by atoms with E-state index in [0.29, 0.717) is 5.92 Å². The molecule has 0 radical (unpaired) electrons. The summed E-state index contributed by atoms with van der Waals surface area (Å²) in [5.41, 5.74) is 3.35. The van der Waals surface area contributed by atoms with Crippen LogP contribution >= 0.6 is 15.9 Å². The highest BCUT2D eigenvalue weighted by molar-refractivity contribution is 9.11. The average molecular weight is 266 g/mol. The molecule has 15 heavy (non-hydrogen) atoms. The van der Waals surface area contributed by atoms with Crippen molar-refractivity contribution in [3.63, 3.8) is 0 Å². The van der Waals surface area contributed by atoms with Crippen LogP contribution in [0.25, 0.3) is 0 Å². The van der Waals surface area contributed by atoms with Crippen LogP contribution in [0.1, 0.15) is 19.3 Å². The Kier molecular flexibility index (Phi) is 2.18. The van der Waals surface area contributed by atoms with E-state index in [9.17, 15) is 5.11 Å². The van der Waals surface area contributed by atoms with Crippen LogP contribution < -0.4 is 0 Å². The summed E-state index contributed by atoms with van der Waals surface area (Å²) in [5, 5.41) is 9.87. The quantitative estimate of drug-likeness (QED) is 0.718. The molecule has 1 heterocycles. The fraction of sp³-hybridized carbons (Fsp3) is 0.417. The van der Waals surface area contributed by atoms with Crippen molar-refractivity contribution in [3.05, 3.63) is 34.0 Å². The maximum atomic E-state index is 9.87. The van der Waals surface area contributed by atoms with Gasteiger partial charge in [-0.15, -0.1) is 0 Å². The van der Waals surface area contributed by atoms with E-state index in [2.05, 4.69) is 27.0 Å². The summed E-state index contributed by atoms with van der Waals surface area (Å²) in [4.78, 5) is 4.54. The first-order chi connectivity index (χ1) is 7.25. The number of aliphatic hydroxyl groups excluding tert-OH is 1. The second-order valence-electron chi connectivity index (χ2n) is 4.22. The lowest BCUT2D eigenvalue weighted by Crippen LogP contribution is -2.17. The molecule has 0 aromatic carbocycles. The van der Waals surface area contributed by atoms with Crippen molar-refractivity contribution in [1.29, 1.82) is 0 Å². The third-order valence-corrected chi connectivity index (χ3v) is 3.78. The van der Waals surface area contributed by atoms with Gasteiger partial charge in [0.05, 0.1) is 17.5 Å². The van der Waals surface area contributed by atoms with Crippen LogP contribution in [-0.2, 0) is 0 Å². The Hall–Kier alpha value is -0.670. The third-order valence-electron chi connectivity index (χ3n) is 3.25. The molecule has 0 saturated heterocycles. The molecule has 1 aliphatic heterocycles. The third kappa shape index (κ3) is 1.45. The summed E-state index contributed by atoms with van der Waals surface area (Å²) in [6.45, 7) is 0. The molecule has 1 N–H and O–H groups in total. The van der Waals surface area contributed by atoms with Gasteiger partial charge in [-0.05, 0) is 37.0 Å². The predicted molar refractivity (Wildman–Crippen MR) is 64.0 cm³/mol. The van der Waals surface area contributed by atoms with Gasteiger partial charge in [-0.2, -0.15) is 0 Å². The maximum absolute atomic E-state index is 9.87. The van der Waals surface area contributed by atoms with Crippen molar-refractivity contribution in [1.82, 2.24) is 0 Å². The van der Waals surface area contributed by atoms with Crippen molar-refractivity contribution in [2.45, 2.75) is 25.4 Å². The molecule has 2 aliphatic carbocycles. The number of fused-ring (bicyclic) bond motifs is 2. The van der Waals surface area contributed by atoms with Gasteiger partial charge < -0.3 is 5.11 Å². The fourth-order valence-electron chi connectivity index (χ4n) is 2.52. The summed E-state index contributed by atoms with van der Waals surface area (Å²) in [5.74, 6) is 0.314. The topological polar surface area (TPSA) is 32.6 Å². The van der Waals surface area contributed by atoms with Crippen LogP contribution in [0.15, 0.2) is 39.0 Å². The molecule has 0 aromatic rings. The van der Waals surface area contributed by atoms with E-state index in [1.807, 2.05) is 12.2 Å². The van der Waals surface area contributed by atoms with Crippen molar-refractivity contribution in [2.24, 2.45) is 10.9 Å². The minimum absolute atomic E-state index is 0.314. The lowest BCUT2D eigenvalue weighted by Gasteiger charge is -2.21. The van der Waals surface area contributed by atoms with E-state index in [1.54, 1.807) is 0 Å². The molecule has 3 heteroatoms. The van der Waals surface area contributed by atoms with Gasteiger partial charge in [0.1, 0.15) is 0 Å². The summed E-state index contributed by atoms with van der Waals surface area (Å²) >= 11 is 3.49. The zero-order valence-corrected chi connectivity index (χ0v) is 9.87. The first-order valence-corrected chi connectivity index (χ1v) is 6.10. The standard InChI is InChI=1S/C12H12BrNO/c13-7-4-5-10-9(6-7)8-2-1-3-11(15)12(8)14-10/h4-6,9,11,15H,1-3H2/t9-,11-/m0/s1. The molecule has 3 aliphatic rings. The van der Waals surface area contributed by atoms with Crippen LogP contribution in [0.4, 0.5) is 0 Å². The van der Waals surface area contributed by atoms with E-state index >= 15 is 0 Å². The molecule has 2 atom stereocenters. The number of aliphatic imine (C=N–C) groups is 1. The first-order valence-electron chi connectivity index (χ1n) is 5.30. The van der Waals surface area contributed by atoms with Gasteiger partial charge >= 0.3 is 0 Å². The van der Waals surface area contributed by atoms with Gasteiger partial charge in [-0.25, -0.2) is 0 Å². The van der Waals surface area contributed by atoms with Crippen molar-refractivity contribution < 1.29 is 5.11 Å². The number of rotatable bonds is 0. The molecular formula is C12H12BrNO. The van der Waals surface area contributed by atoms with Gasteiger partial charge in [-0.3, -0.25) is 4.99 Å². The highest BCUT2D eigenvalue weighted by Gasteiger charge is 2.33. The summed E-state index contributed by atoms with van der Waals surface area (Å²) in [7, 11) is 0. The Morgan fingerprint density at radius 3 is 3.13 bits per heavy atom. The Labute approximate surface area is 97.2 Å². The Bertz CT molecular complexity index is 431. The minimum atomic E-state index is -0.340. The van der Waals surface area contributed by atoms with Gasteiger partial charge in [-0.1, -0.05) is 22.0 Å². The van der Waals surface area contributed by atoms with Crippen LogP contribution in [0, 0.1) is 5.92 Å². The van der Waals surface area contributed by atoms with Gasteiger partial charge in [0.2, 0.25) is 0 Å². The molecule has 0 amide bonds. The zero-order chi connectivity index (χ0) is 10.4. The molecule has 0 aromatic heterocycles. The molecule has 0 bridgehead atoms. The average Bonchev–Trinajstić information content (AvgIpc) is 2.58. The van der Waals surface area contributed by atoms with Crippen LogP contribution in [-0.4, -0.2) is 16.9 Å². The molecule has 2 nitrogen and oxygen atoms in total. The monoisotopic (exact) mass is 265 g/mol. The molecule has 0 saturated carbocycles. The van der Waals surface area contributed by atoms with Crippen molar-refractivity contribution in [3.8, 4) is 0 Å². The highest BCUT2D eigenvalue weighted by Crippen LogP contribution is 2.40. The predicted octanol–water partition coefficient (Wildman–Crippen LogP) is 2.70. The number of hydrogen-bond acceptors (Lipinski definition) is 2. The van der Waals surface area contributed by atoms with Crippen molar-refractivity contribution in [2.75, 3.05) is 0 Å². The van der Waals surface area contributed by atoms with E-state index < -0.39 is 0 Å². The van der Waals surface area contributed by atoms with Crippen molar-refractivity contribution >= 4 is 21.6 Å². The lowest BCUT2D eigenvalue weighted by atomic mass is 9.84. The smallest absolute Gasteiger partial charge is 0.0959 e. The van der Waals surface area contributed by atoms with Crippen LogP contribution in [0.3, 0.4) is 0 Å². The van der Waals surface area contributed by atoms with E-state index in [1.165, 1.54) is 5.57 Å². The number of aliphatic hydroxyl groups is 1. The van der Waals surface area contributed by atoms with E-state index in [-0.39, 0.29) is 6.10 Å². The number of nitrogens with zero attached hydrogens (tertiary/aromatic N) is 1. The SMILES string of the molecule is O[C@H]1CCCC2=C1N=C1C=CC(Br)=C[C@H]12. The minimum Gasteiger partial charge on any atom is -0.387 e. The van der Waals surface area contributed by atoms with Gasteiger partial charge in [0.25, 0.3) is 0 Å². The number of halogens is 1. The molecule has 0 unspecified atom stereocenters. The molecule has 78 valence electrons. The summed E-state index contributed by atoms with van der Waals surface area (Å²) in [6.07, 6.45) is 8.91. The van der Waals surface area contributed by atoms with E-state index in [0.717, 1.165) is 35.2 Å². The maximum Gasteiger partial charge on any atom is 0.0959 e. The Balaban J connectivity index is 2.05. The van der Waals surface area contributed by atoms with Crippen LogP contribution in [0.5, 0.6) is 0 Å². The zero-order valence-electron chi connectivity index (χ0n) is 8.28. The molecular weight excluding hydrogens is 254 g/mol. The molecule has 0 fully saturated rings. The lowest BCUT2D eigenvalue weighted by molar-refractivity contribution is 0.187. The second-order valence-corrected chi connectivity index (χ2v) is 5.13. The fourth-order valence-corrected chi connectivity index (χ4v) is 2.92.